The Labute approximate surface area is 94.5 Å². The predicted octanol–water partition coefficient (Wildman–Crippen LogP) is 4.87. The van der Waals surface area contributed by atoms with Gasteiger partial charge in [-0.2, -0.15) is 0 Å². The fraction of sp³-hybridized carbons (Fsp3) is 0.733. The third-order valence-corrected chi connectivity index (χ3v) is 4.47. The van der Waals surface area contributed by atoms with E-state index in [-0.39, 0.29) is 0 Å². The predicted molar refractivity (Wildman–Crippen MR) is 66.8 cm³/mol. The molecule has 2 aliphatic carbocycles. The van der Waals surface area contributed by atoms with Gasteiger partial charge in [0.25, 0.3) is 0 Å². The first-order valence-electron chi connectivity index (χ1n) is 6.31. The molecular formula is C15H24. The van der Waals surface area contributed by atoms with Gasteiger partial charge in [-0.05, 0) is 49.9 Å². The Bertz CT molecular complexity index is 317. The molecule has 1 atom stereocenters. The van der Waals surface area contributed by atoms with Gasteiger partial charge < -0.3 is 0 Å². The van der Waals surface area contributed by atoms with Gasteiger partial charge in [-0.25, -0.2) is 0 Å². The molecule has 0 unspecified atom stereocenters. The van der Waals surface area contributed by atoms with Crippen molar-refractivity contribution in [2.24, 2.45) is 10.8 Å². The Morgan fingerprint density at radius 2 is 1.80 bits per heavy atom. The lowest BCUT2D eigenvalue weighted by atomic mass is 9.64. The van der Waals surface area contributed by atoms with Gasteiger partial charge in [-0.15, -0.1) is 0 Å². The summed E-state index contributed by atoms with van der Waals surface area (Å²) >= 11 is 0. The highest BCUT2D eigenvalue weighted by Crippen LogP contribution is 2.52. The molecule has 0 aromatic carbocycles. The van der Waals surface area contributed by atoms with Crippen LogP contribution < -0.4 is 0 Å². The molecule has 0 saturated heterocycles. The maximum Gasteiger partial charge on any atom is -0.00735 e. The molecule has 0 radical (unpaired) electrons. The monoisotopic (exact) mass is 204 g/mol. The molecular weight excluding hydrogens is 180 g/mol. The number of hydrogen-bond donors (Lipinski definition) is 0. The summed E-state index contributed by atoms with van der Waals surface area (Å²) in [5.74, 6) is 0. The number of rotatable bonds is 1. The summed E-state index contributed by atoms with van der Waals surface area (Å²) in [7, 11) is 0. The molecule has 0 fully saturated rings. The lowest BCUT2D eigenvalue weighted by Crippen LogP contribution is -2.28. The van der Waals surface area contributed by atoms with Crippen LogP contribution in [0.3, 0.4) is 0 Å². The molecule has 0 saturated carbocycles. The van der Waals surface area contributed by atoms with Gasteiger partial charge in [0.1, 0.15) is 0 Å². The van der Waals surface area contributed by atoms with Gasteiger partial charge in [0, 0.05) is 0 Å². The summed E-state index contributed by atoms with van der Waals surface area (Å²) in [6.07, 6.45) is 11.5. The first-order chi connectivity index (χ1) is 6.94. The summed E-state index contributed by atoms with van der Waals surface area (Å²) < 4.78 is 0. The van der Waals surface area contributed by atoms with Crippen LogP contribution >= 0.6 is 0 Å². The van der Waals surface area contributed by atoms with E-state index < -0.39 is 0 Å². The molecule has 84 valence electrons. The molecule has 0 heteroatoms. The van der Waals surface area contributed by atoms with E-state index in [9.17, 15) is 0 Å². The SMILES string of the molecule is CC1=CC[C@](C)(C2=CCCC2(C)C)CC1. The molecule has 0 amide bonds. The highest BCUT2D eigenvalue weighted by molar-refractivity contribution is 5.28. The zero-order valence-corrected chi connectivity index (χ0v) is 10.7. The molecule has 0 nitrogen and oxygen atoms in total. The Kier molecular flexibility index (Phi) is 2.56. The second-order valence-electron chi connectivity index (χ2n) is 6.36. The number of hydrogen-bond acceptors (Lipinski definition) is 0. The van der Waals surface area contributed by atoms with E-state index in [1.54, 1.807) is 11.1 Å². The number of allylic oxidation sites excluding steroid dienone is 4. The van der Waals surface area contributed by atoms with Gasteiger partial charge in [0.05, 0.1) is 0 Å². The molecule has 0 bridgehead atoms. The Balaban J connectivity index is 2.24. The van der Waals surface area contributed by atoms with Gasteiger partial charge in [-0.3, -0.25) is 0 Å². The zero-order chi connectivity index (χ0) is 11.1. The molecule has 0 aliphatic heterocycles. The summed E-state index contributed by atoms with van der Waals surface area (Å²) in [4.78, 5) is 0. The van der Waals surface area contributed by atoms with Crippen LogP contribution in [0, 0.1) is 10.8 Å². The normalized spacial score (nSPS) is 34.9. The fourth-order valence-corrected chi connectivity index (χ4v) is 3.37. The minimum Gasteiger partial charge on any atom is -0.0847 e. The van der Waals surface area contributed by atoms with E-state index in [2.05, 4.69) is 39.8 Å². The Morgan fingerprint density at radius 3 is 2.27 bits per heavy atom. The van der Waals surface area contributed by atoms with E-state index in [0.717, 1.165) is 0 Å². The summed E-state index contributed by atoms with van der Waals surface area (Å²) in [5.41, 5.74) is 4.23. The van der Waals surface area contributed by atoms with Crippen molar-refractivity contribution < 1.29 is 0 Å². The summed E-state index contributed by atoms with van der Waals surface area (Å²) in [6, 6.07) is 0. The van der Waals surface area contributed by atoms with Crippen LogP contribution in [0.15, 0.2) is 23.3 Å². The standard InChI is InChI=1S/C15H24/c1-12-7-10-15(4,11-8-12)13-6-5-9-14(13,2)3/h6-7H,5,8-11H2,1-4H3/t15-/m0/s1. The molecule has 0 aromatic heterocycles. The first-order valence-corrected chi connectivity index (χ1v) is 6.31. The van der Waals surface area contributed by atoms with Crippen molar-refractivity contribution in [2.75, 3.05) is 0 Å². The molecule has 0 N–H and O–H groups in total. The first kappa shape index (κ1) is 11.0. The van der Waals surface area contributed by atoms with Crippen LogP contribution in [0.25, 0.3) is 0 Å². The van der Waals surface area contributed by atoms with Gasteiger partial charge in [0.2, 0.25) is 0 Å². The Morgan fingerprint density at radius 1 is 1.07 bits per heavy atom. The molecule has 0 aromatic rings. The van der Waals surface area contributed by atoms with Crippen molar-refractivity contribution >= 4 is 0 Å². The average molecular weight is 204 g/mol. The van der Waals surface area contributed by atoms with E-state index in [0.29, 0.717) is 10.8 Å². The van der Waals surface area contributed by atoms with Gasteiger partial charge in [-0.1, -0.05) is 44.1 Å². The van der Waals surface area contributed by atoms with Crippen molar-refractivity contribution in [3.63, 3.8) is 0 Å². The summed E-state index contributed by atoms with van der Waals surface area (Å²) in [6.45, 7) is 9.58. The lowest BCUT2D eigenvalue weighted by Gasteiger charge is -2.40. The lowest BCUT2D eigenvalue weighted by molar-refractivity contribution is 0.274. The minimum absolute atomic E-state index is 0.452. The van der Waals surface area contributed by atoms with Crippen molar-refractivity contribution in [1.82, 2.24) is 0 Å². The maximum atomic E-state index is 2.52. The van der Waals surface area contributed by atoms with Crippen molar-refractivity contribution in [1.29, 1.82) is 0 Å². The van der Waals surface area contributed by atoms with E-state index >= 15 is 0 Å². The second-order valence-corrected chi connectivity index (χ2v) is 6.36. The summed E-state index contributed by atoms with van der Waals surface area (Å²) in [5, 5.41) is 0. The van der Waals surface area contributed by atoms with E-state index in [4.69, 9.17) is 0 Å². The van der Waals surface area contributed by atoms with Crippen LogP contribution in [0.5, 0.6) is 0 Å². The average Bonchev–Trinajstić information content (AvgIpc) is 2.52. The fourth-order valence-electron chi connectivity index (χ4n) is 3.37. The molecule has 0 heterocycles. The Hall–Kier alpha value is -0.520. The van der Waals surface area contributed by atoms with E-state index in [1.807, 2.05) is 0 Å². The topological polar surface area (TPSA) is 0 Å². The third kappa shape index (κ3) is 1.91. The van der Waals surface area contributed by atoms with Gasteiger partial charge >= 0.3 is 0 Å². The van der Waals surface area contributed by atoms with Crippen LogP contribution in [0.4, 0.5) is 0 Å². The van der Waals surface area contributed by atoms with E-state index in [1.165, 1.54) is 32.1 Å². The van der Waals surface area contributed by atoms with Gasteiger partial charge in [0.15, 0.2) is 0 Å². The van der Waals surface area contributed by atoms with Crippen LogP contribution in [0.1, 0.15) is 59.8 Å². The zero-order valence-electron chi connectivity index (χ0n) is 10.7. The molecule has 2 aliphatic rings. The van der Waals surface area contributed by atoms with Crippen molar-refractivity contribution in [3.8, 4) is 0 Å². The maximum absolute atomic E-state index is 2.52. The minimum atomic E-state index is 0.452. The van der Waals surface area contributed by atoms with Crippen LogP contribution in [-0.4, -0.2) is 0 Å². The van der Waals surface area contributed by atoms with Crippen LogP contribution in [-0.2, 0) is 0 Å². The van der Waals surface area contributed by atoms with Crippen molar-refractivity contribution in [3.05, 3.63) is 23.3 Å². The van der Waals surface area contributed by atoms with Crippen LogP contribution in [0.2, 0.25) is 0 Å². The molecule has 15 heavy (non-hydrogen) atoms. The largest absolute Gasteiger partial charge is 0.0847 e. The molecule has 2 rings (SSSR count). The highest BCUT2D eigenvalue weighted by atomic mass is 14.4. The molecule has 0 spiro atoms. The second kappa shape index (κ2) is 3.50. The smallest absolute Gasteiger partial charge is 0.00735 e. The van der Waals surface area contributed by atoms with Crippen molar-refractivity contribution in [2.45, 2.75) is 59.8 Å². The quantitative estimate of drug-likeness (QED) is 0.535. The third-order valence-electron chi connectivity index (χ3n) is 4.47. The highest BCUT2D eigenvalue weighted by Gasteiger charge is 2.40.